The van der Waals surface area contributed by atoms with Gasteiger partial charge in [-0.2, -0.15) is 0 Å². The maximum absolute atomic E-state index is 9.50. The number of nitrogens with zero attached hydrogens (tertiary/aromatic N) is 2. The van der Waals surface area contributed by atoms with Crippen LogP contribution in [0, 0.1) is 34.6 Å². The van der Waals surface area contributed by atoms with E-state index in [0.717, 1.165) is 0 Å². The molecule has 0 fully saturated rings. The summed E-state index contributed by atoms with van der Waals surface area (Å²) in [6.45, 7) is 28.8. The lowest BCUT2D eigenvalue weighted by Gasteiger charge is -2.49. The van der Waals surface area contributed by atoms with Crippen LogP contribution in [0.5, 0.6) is 0 Å². The van der Waals surface area contributed by atoms with E-state index < -0.39 is 0 Å². The first kappa shape index (κ1) is 21.4. The van der Waals surface area contributed by atoms with E-state index in [1.54, 1.807) is 0 Å². The molecule has 0 amide bonds. The number of fused-ring (bicyclic) bond motifs is 1. The zero-order chi connectivity index (χ0) is 22.9. The molecule has 0 bridgehead atoms. The molecule has 0 aliphatic rings. The molecular weight excluding hydrogens is 340 g/mol. The van der Waals surface area contributed by atoms with E-state index in [9.17, 15) is 1.37 Å². The van der Waals surface area contributed by atoms with Crippen LogP contribution in [0.3, 0.4) is 0 Å². The van der Waals surface area contributed by atoms with Crippen molar-refractivity contribution in [2.24, 2.45) is 7.05 Å². The highest BCUT2D eigenvalue weighted by atomic mass is 15.2. The first-order chi connectivity index (χ1) is 12.9. The van der Waals surface area contributed by atoms with Crippen LogP contribution < -0.4 is 0 Å². The molecule has 0 aliphatic carbocycles. The number of hydrogen-bond acceptors (Lipinski definition) is 1. The Kier molecular flexibility index (Phi) is 5.28. The Morgan fingerprint density at radius 3 is 1.61 bits per heavy atom. The highest BCUT2D eigenvalue weighted by Crippen LogP contribution is 2.42. The molecule has 0 saturated heterocycles. The predicted molar refractivity (Wildman–Crippen MR) is 126 cm³/mol. The monoisotopic (exact) mass is 385 g/mol. The summed E-state index contributed by atoms with van der Waals surface area (Å²) in [6, 6.07) is 0. The number of aryl methyl sites for hydroxylation is 3. The van der Waals surface area contributed by atoms with Crippen molar-refractivity contribution in [1.82, 2.24) is 9.47 Å². The Hall–Kier alpha value is -1.28. The lowest BCUT2D eigenvalue weighted by Crippen LogP contribution is -2.56. The lowest BCUT2D eigenvalue weighted by atomic mass is 9.78. The molecule has 1 aromatic heterocycles. The Bertz CT molecular complexity index is 919. The third-order valence-electron chi connectivity index (χ3n) is 6.65. The van der Waals surface area contributed by atoms with Crippen molar-refractivity contribution in [3.05, 3.63) is 33.5 Å². The van der Waals surface area contributed by atoms with E-state index in [0.29, 0.717) is 0 Å². The van der Waals surface area contributed by atoms with Gasteiger partial charge in [-0.05, 0) is 104 Å². The second-order valence-corrected chi connectivity index (χ2v) is 11.3. The minimum Gasteiger partial charge on any atom is -0.347 e. The predicted octanol–water partition coefficient (Wildman–Crippen LogP) is 6.90. The fraction of sp³-hybridized carbons (Fsp3) is 0.692. The standard InChI is InChI=1S/C26H44N2/c1-16-17(2)19(4)23-21(18(16)3)22(20(5)27(23)14)26(12,13)15-28(24(6,7)8)25(9,10)11/h15H2,1-14H3/i15D. The largest absolute Gasteiger partial charge is 0.347 e. The molecule has 2 rings (SSSR count). The second kappa shape index (κ2) is 6.90. The van der Waals surface area contributed by atoms with Gasteiger partial charge < -0.3 is 4.57 Å². The zero-order valence-electron chi connectivity index (χ0n) is 22.0. The average molecular weight is 386 g/mol. The smallest absolute Gasteiger partial charge is 0.0518 e. The minimum atomic E-state index is -0.367. The fourth-order valence-corrected chi connectivity index (χ4v) is 5.10. The molecule has 2 aromatic rings. The summed E-state index contributed by atoms with van der Waals surface area (Å²) in [5.41, 5.74) is 8.89. The maximum atomic E-state index is 9.50. The maximum Gasteiger partial charge on any atom is 0.0518 e. The molecule has 0 radical (unpaired) electrons. The average Bonchev–Trinajstić information content (AvgIpc) is 2.80. The Morgan fingerprint density at radius 1 is 0.750 bits per heavy atom. The highest BCUT2D eigenvalue weighted by Gasteiger charge is 2.38. The summed E-state index contributed by atoms with van der Waals surface area (Å²) >= 11 is 0. The quantitative estimate of drug-likeness (QED) is 0.558. The number of benzene rings is 1. The van der Waals surface area contributed by atoms with Crippen LogP contribution >= 0.6 is 0 Å². The third kappa shape index (κ3) is 3.65. The van der Waals surface area contributed by atoms with Gasteiger partial charge in [-0.1, -0.05) is 13.8 Å². The van der Waals surface area contributed by atoms with Crippen LogP contribution in [0.25, 0.3) is 10.9 Å². The minimum absolute atomic E-state index is 0.0993. The molecule has 0 aliphatic heterocycles. The summed E-state index contributed by atoms with van der Waals surface area (Å²) in [7, 11) is 2.18. The van der Waals surface area contributed by atoms with Crippen molar-refractivity contribution >= 4 is 10.9 Å². The molecule has 158 valence electrons. The molecule has 0 spiro atoms. The summed E-state index contributed by atoms with van der Waals surface area (Å²) in [6.07, 6.45) is 0. The first-order valence-corrected chi connectivity index (χ1v) is 10.6. The molecule has 1 aromatic carbocycles. The summed E-state index contributed by atoms with van der Waals surface area (Å²) in [5.74, 6) is 0. The van der Waals surface area contributed by atoms with Gasteiger partial charge in [-0.15, -0.1) is 0 Å². The van der Waals surface area contributed by atoms with Crippen molar-refractivity contribution in [2.75, 3.05) is 6.52 Å². The third-order valence-corrected chi connectivity index (χ3v) is 6.65. The van der Waals surface area contributed by atoms with E-state index in [2.05, 4.69) is 107 Å². The summed E-state index contributed by atoms with van der Waals surface area (Å²) < 4.78 is 11.9. The molecule has 0 N–H and O–H groups in total. The van der Waals surface area contributed by atoms with Crippen molar-refractivity contribution in [3.8, 4) is 0 Å². The van der Waals surface area contributed by atoms with Gasteiger partial charge in [0.05, 0.1) is 5.52 Å². The van der Waals surface area contributed by atoms with Crippen LogP contribution in [0.2, 0.25) is 0 Å². The Labute approximate surface area is 175 Å². The normalized spacial score (nSPS) is 15.5. The van der Waals surface area contributed by atoms with Gasteiger partial charge in [-0.3, -0.25) is 4.90 Å². The van der Waals surface area contributed by atoms with Gasteiger partial charge >= 0.3 is 0 Å². The van der Waals surface area contributed by atoms with Crippen LogP contribution in [0.1, 0.15) is 90.3 Å². The SMILES string of the molecule is [2H]C(N(C(C)(C)C)C(C)(C)C)C(C)(C)c1c(C)n(C)c2c(C)c(C)c(C)c(C)c12. The molecule has 1 unspecified atom stereocenters. The van der Waals surface area contributed by atoms with Crippen molar-refractivity contribution < 1.29 is 1.37 Å². The number of hydrogen-bond donors (Lipinski definition) is 0. The van der Waals surface area contributed by atoms with Gasteiger partial charge in [0.15, 0.2) is 0 Å². The molecule has 1 heterocycles. The van der Waals surface area contributed by atoms with Crippen molar-refractivity contribution in [2.45, 2.75) is 107 Å². The lowest BCUT2D eigenvalue weighted by molar-refractivity contribution is 0.0201. The van der Waals surface area contributed by atoms with Gasteiger partial charge in [0.25, 0.3) is 0 Å². The zero-order valence-corrected chi connectivity index (χ0v) is 21.0. The molecule has 1 atom stereocenters. The van der Waals surface area contributed by atoms with Crippen molar-refractivity contribution in [3.63, 3.8) is 0 Å². The van der Waals surface area contributed by atoms with Crippen molar-refractivity contribution in [1.29, 1.82) is 0 Å². The van der Waals surface area contributed by atoms with Crippen LogP contribution in [0.15, 0.2) is 0 Å². The molecule has 2 heteroatoms. The van der Waals surface area contributed by atoms with Gasteiger partial charge in [0, 0.05) is 42.5 Å². The van der Waals surface area contributed by atoms with Gasteiger partial charge in [-0.25, -0.2) is 0 Å². The van der Waals surface area contributed by atoms with E-state index in [-0.39, 0.29) is 23.0 Å². The molecule has 2 nitrogen and oxygen atoms in total. The van der Waals surface area contributed by atoms with E-state index in [1.807, 2.05) is 0 Å². The molecule has 28 heavy (non-hydrogen) atoms. The Morgan fingerprint density at radius 2 is 1.18 bits per heavy atom. The second-order valence-electron chi connectivity index (χ2n) is 11.3. The summed E-state index contributed by atoms with van der Waals surface area (Å²) in [5, 5.41) is 1.36. The first-order valence-electron chi connectivity index (χ1n) is 11.2. The van der Waals surface area contributed by atoms with E-state index >= 15 is 0 Å². The number of rotatable bonds is 3. The van der Waals surface area contributed by atoms with Crippen LogP contribution in [0.4, 0.5) is 0 Å². The highest BCUT2D eigenvalue weighted by molar-refractivity contribution is 5.94. The molecular formula is C26H44N2. The number of aromatic nitrogens is 1. The summed E-state index contributed by atoms with van der Waals surface area (Å²) in [4.78, 5) is 2.38. The van der Waals surface area contributed by atoms with Gasteiger partial charge in [0.1, 0.15) is 0 Å². The Balaban J connectivity index is 2.91. The van der Waals surface area contributed by atoms with Gasteiger partial charge in [0.2, 0.25) is 0 Å². The van der Waals surface area contributed by atoms with Crippen LogP contribution in [-0.2, 0) is 12.5 Å². The topological polar surface area (TPSA) is 8.17 Å². The van der Waals surface area contributed by atoms with Crippen LogP contribution in [-0.4, -0.2) is 27.1 Å². The fourth-order valence-electron chi connectivity index (χ4n) is 5.10. The molecule has 0 saturated carbocycles. The van der Waals surface area contributed by atoms with E-state index in [4.69, 9.17) is 0 Å². The van der Waals surface area contributed by atoms with E-state index in [1.165, 1.54) is 44.4 Å².